The molecule has 0 bridgehead atoms. The zero-order valence-electron chi connectivity index (χ0n) is 2.88. The molecule has 0 saturated carbocycles. The van der Waals surface area contributed by atoms with Crippen LogP contribution in [0.25, 0.3) is 0 Å². The van der Waals surface area contributed by atoms with Gasteiger partial charge in [0.2, 0.25) is 0 Å². The molecule has 0 aliphatic heterocycles. The van der Waals surface area contributed by atoms with E-state index in [9.17, 15) is 0 Å². The monoisotopic (exact) mass is 385 g/mol. The molecule has 3 N–H and O–H groups in total. The maximum atomic E-state index is 0. The minimum Gasteiger partial charge on any atom is -0.344 e. The Morgan fingerprint density at radius 2 is 1.00 bits per heavy atom. The summed E-state index contributed by atoms with van der Waals surface area (Å²) < 4.78 is 0. The molecule has 0 amide bonds. The fourth-order valence-electron chi connectivity index (χ4n) is 0. The molecule has 6 heavy (non-hydrogen) atoms. The van der Waals surface area contributed by atoms with E-state index in [1.807, 2.05) is 0 Å². The first kappa shape index (κ1) is 59.3. The summed E-state index contributed by atoms with van der Waals surface area (Å²) in [5.41, 5.74) is 0. The average Bonchev–Trinajstić information content (AvgIpc) is 0. The fraction of sp³-hybridized carbons (Fsp3) is 0. The Labute approximate surface area is 113 Å². The molecule has 6 heteroatoms. The summed E-state index contributed by atoms with van der Waals surface area (Å²) in [6, 6.07) is 0. The van der Waals surface area contributed by atoms with Gasteiger partial charge in [-0.25, -0.2) is 0 Å². The first-order valence-electron chi connectivity index (χ1n) is 0. The number of hydrogen-bond donors (Lipinski definition) is 1. The minimum atomic E-state index is 0. The molecule has 0 aromatic rings. The van der Waals surface area contributed by atoms with Gasteiger partial charge in [-0.2, -0.15) is 0 Å². The van der Waals surface area contributed by atoms with E-state index in [2.05, 4.69) is 0 Å². The molecule has 0 spiro atoms. The molecule has 0 fully saturated rings. The maximum Gasteiger partial charge on any atom is 0 e. The van der Waals surface area contributed by atoms with Crippen LogP contribution in [0, 0.1) is 40.4 Å². The molecule has 0 aromatic heterocycles. The summed E-state index contributed by atoms with van der Waals surface area (Å²) in [6.07, 6.45) is 0. The van der Waals surface area contributed by atoms with Gasteiger partial charge in [0.25, 0.3) is 0 Å². The Balaban J connectivity index is 0. The SMILES string of the molecule is N.[B].[Co].[Fe].[Sm].[Zr]. The van der Waals surface area contributed by atoms with Crippen molar-refractivity contribution in [3.8, 4) is 0 Å². The van der Waals surface area contributed by atoms with E-state index in [0.717, 1.165) is 0 Å². The van der Waals surface area contributed by atoms with Crippen LogP contribution in [0.3, 0.4) is 0 Å². The van der Waals surface area contributed by atoms with Crippen LogP contribution in [0.1, 0.15) is 0 Å². The smallest absolute Gasteiger partial charge is 0 e. The average molecular weight is 384 g/mol. The molecule has 0 unspecified atom stereocenters. The van der Waals surface area contributed by atoms with Crippen LogP contribution in [-0.2, 0) is 60.1 Å². The zero-order valence-corrected chi connectivity index (χ0v) is 10.1. The third-order valence-corrected chi connectivity index (χ3v) is 0. The first-order valence-corrected chi connectivity index (χ1v) is 0. The van der Waals surface area contributed by atoms with Gasteiger partial charge >= 0.3 is 0 Å². The Bertz CT molecular complexity index is 15.5. The van der Waals surface area contributed by atoms with Crippen LogP contribution >= 0.6 is 0 Å². The van der Waals surface area contributed by atoms with E-state index in [-0.39, 0.29) is 115 Å². The molecule has 4 radical (unpaired) electrons. The summed E-state index contributed by atoms with van der Waals surface area (Å²) >= 11 is 0. The van der Waals surface area contributed by atoms with E-state index in [1.54, 1.807) is 0 Å². The van der Waals surface area contributed by atoms with E-state index >= 15 is 0 Å². The van der Waals surface area contributed by atoms with Gasteiger partial charge in [-0.15, -0.1) is 0 Å². The van der Waals surface area contributed by atoms with Crippen LogP contribution in [0.5, 0.6) is 0 Å². The van der Waals surface area contributed by atoms with Gasteiger partial charge in [0.05, 0.1) is 0 Å². The summed E-state index contributed by atoms with van der Waals surface area (Å²) in [4.78, 5) is 0. The molecule has 0 rings (SSSR count). The molecule has 0 aromatic carbocycles. The summed E-state index contributed by atoms with van der Waals surface area (Å²) in [7, 11) is 0. The molecular weight excluding hydrogens is 381 g/mol. The van der Waals surface area contributed by atoms with Crippen molar-refractivity contribution >= 4 is 8.41 Å². The number of hydrogen-bond acceptors (Lipinski definition) is 1. The number of rotatable bonds is 0. The van der Waals surface area contributed by atoms with Crippen molar-refractivity contribution in [3.63, 3.8) is 0 Å². The van der Waals surface area contributed by atoms with Crippen molar-refractivity contribution < 1.29 is 100 Å². The van der Waals surface area contributed by atoms with Crippen LogP contribution < -0.4 is 6.15 Å². The normalized spacial score (nSPS) is 0. The van der Waals surface area contributed by atoms with Crippen LogP contribution in [0.2, 0.25) is 0 Å². The molecule has 0 aliphatic rings. The summed E-state index contributed by atoms with van der Waals surface area (Å²) in [6.45, 7) is 0. The molecule has 0 aliphatic carbocycles. The first-order chi connectivity index (χ1) is 0. The second-order valence-corrected chi connectivity index (χ2v) is 0. The predicted molar refractivity (Wildman–Crippen MR) is 10.8 cm³/mol. The summed E-state index contributed by atoms with van der Waals surface area (Å²) in [5, 5.41) is 0. The van der Waals surface area contributed by atoms with E-state index in [1.165, 1.54) is 0 Å². The molecule has 0 atom stereocenters. The van der Waals surface area contributed by atoms with E-state index in [0.29, 0.717) is 0 Å². The van der Waals surface area contributed by atoms with E-state index in [4.69, 9.17) is 0 Å². The van der Waals surface area contributed by atoms with Gasteiger partial charge < -0.3 is 6.15 Å². The topological polar surface area (TPSA) is 35.0 Å². The zero-order chi connectivity index (χ0) is 0. The molecule has 0 saturated heterocycles. The Morgan fingerprint density at radius 3 is 1.00 bits per heavy atom. The van der Waals surface area contributed by atoms with Gasteiger partial charge in [0.15, 0.2) is 0 Å². The van der Waals surface area contributed by atoms with Gasteiger partial charge in [0.1, 0.15) is 0 Å². The Kier molecular flexibility index (Phi) is 404. The molecule has 38 valence electrons. The van der Waals surface area contributed by atoms with Gasteiger partial charge in [-0.05, 0) is 0 Å². The van der Waals surface area contributed by atoms with Crippen molar-refractivity contribution in [1.29, 1.82) is 0 Å². The molecule has 1 nitrogen and oxygen atoms in total. The maximum absolute atomic E-state index is 0. The van der Waals surface area contributed by atoms with Gasteiger partial charge in [-0.3, -0.25) is 0 Å². The van der Waals surface area contributed by atoms with Crippen molar-refractivity contribution in [2.45, 2.75) is 0 Å². The quantitative estimate of drug-likeness (QED) is 0.576. The van der Waals surface area contributed by atoms with Crippen LogP contribution in [0.4, 0.5) is 0 Å². The molecule has 0 heterocycles. The largest absolute Gasteiger partial charge is 0.344 e. The third-order valence-electron chi connectivity index (χ3n) is 0. The van der Waals surface area contributed by atoms with Crippen molar-refractivity contribution in [2.24, 2.45) is 0 Å². The van der Waals surface area contributed by atoms with Gasteiger partial charge in [0, 0.05) is 109 Å². The van der Waals surface area contributed by atoms with E-state index < -0.39 is 0 Å². The van der Waals surface area contributed by atoms with Crippen molar-refractivity contribution in [2.75, 3.05) is 0 Å². The fourth-order valence-corrected chi connectivity index (χ4v) is 0. The third kappa shape index (κ3) is 26.7. The van der Waals surface area contributed by atoms with Crippen molar-refractivity contribution in [1.82, 2.24) is 6.15 Å². The van der Waals surface area contributed by atoms with Gasteiger partial charge in [-0.1, -0.05) is 0 Å². The predicted octanol–water partition coefficient (Wildman–Crippen LogP) is -0.226. The summed E-state index contributed by atoms with van der Waals surface area (Å²) in [5.74, 6) is 0. The molecular formula is H3BCoFeNSmZr. The second kappa shape index (κ2) is 40.9. The van der Waals surface area contributed by atoms with Crippen LogP contribution in [-0.4, -0.2) is 8.41 Å². The Morgan fingerprint density at radius 1 is 1.00 bits per heavy atom. The minimum absolute atomic E-state index is 0. The second-order valence-electron chi connectivity index (χ2n) is 0. The van der Waals surface area contributed by atoms with Crippen LogP contribution in [0.15, 0.2) is 0 Å². The standard InChI is InChI=1S/B.Co.Fe.H3N.Sm.Zr/h;;;1H3;;. The van der Waals surface area contributed by atoms with Crippen molar-refractivity contribution in [3.05, 3.63) is 0 Å². The Hall–Kier alpha value is 3.27.